The van der Waals surface area contributed by atoms with E-state index < -0.39 is 0 Å². The number of urea groups is 1. The number of rotatable bonds is 5. The highest BCUT2D eigenvalue weighted by Gasteiger charge is 2.24. The molecule has 0 atom stereocenters. The fraction of sp³-hybridized carbons (Fsp3) is 0.250. The third kappa shape index (κ3) is 4.46. The second-order valence-electron chi connectivity index (χ2n) is 5.33. The van der Waals surface area contributed by atoms with Crippen LogP contribution in [0.3, 0.4) is 0 Å². The van der Waals surface area contributed by atoms with E-state index >= 15 is 0 Å². The molecule has 23 heavy (non-hydrogen) atoms. The second kappa shape index (κ2) is 7.02. The topological polar surface area (TPSA) is 70.2 Å². The largest absolute Gasteiger partial charge is 0.349 e. The number of benzene rings is 1. The van der Waals surface area contributed by atoms with E-state index in [0.717, 1.165) is 17.7 Å². The van der Waals surface area contributed by atoms with Gasteiger partial charge in [0.05, 0.1) is 17.1 Å². The van der Waals surface area contributed by atoms with Crippen LogP contribution in [0.1, 0.15) is 28.1 Å². The van der Waals surface area contributed by atoms with Crippen molar-refractivity contribution in [2.75, 3.05) is 5.32 Å². The van der Waals surface area contributed by atoms with Crippen molar-refractivity contribution in [3.63, 3.8) is 0 Å². The molecule has 1 heterocycles. The molecule has 5 nitrogen and oxygen atoms in total. The third-order valence-corrected chi connectivity index (χ3v) is 4.59. The van der Waals surface area contributed by atoms with E-state index in [1.54, 1.807) is 29.5 Å². The first kappa shape index (κ1) is 15.8. The van der Waals surface area contributed by atoms with Gasteiger partial charge in [-0.25, -0.2) is 4.79 Å². The van der Waals surface area contributed by atoms with Crippen molar-refractivity contribution >= 4 is 40.6 Å². The fourth-order valence-electron chi connectivity index (χ4n) is 2.02. The van der Waals surface area contributed by atoms with E-state index in [-0.39, 0.29) is 18.0 Å². The van der Waals surface area contributed by atoms with Gasteiger partial charge in [-0.15, -0.1) is 11.3 Å². The molecule has 1 fully saturated rings. The molecule has 3 rings (SSSR count). The standard InChI is InChI=1S/C16H16ClN3O2S/c17-14-6-5-11(8-13(14)15(21)19-10-3-4-10)20-16(22)18-9-12-2-1-7-23-12/h1-2,5-8,10H,3-4,9H2,(H,19,21)(H2,18,20,22). The molecule has 2 aromatic rings. The molecule has 1 aromatic carbocycles. The molecular formula is C16H16ClN3O2S. The normalized spacial score (nSPS) is 13.4. The monoisotopic (exact) mass is 349 g/mol. The Balaban J connectivity index is 1.60. The highest BCUT2D eigenvalue weighted by molar-refractivity contribution is 7.09. The minimum absolute atomic E-state index is 0.208. The van der Waals surface area contributed by atoms with E-state index in [1.165, 1.54) is 0 Å². The van der Waals surface area contributed by atoms with E-state index in [9.17, 15) is 9.59 Å². The summed E-state index contributed by atoms with van der Waals surface area (Å²) in [6, 6.07) is 8.68. The lowest BCUT2D eigenvalue weighted by Gasteiger charge is -2.10. The average Bonchev–Trinajstić information content (AvgIpc) is 3.18. The summed E-state index contributed by atoms with van der Waals surface area (Å²) < 4.78 is 0. The minimum atomic E-state index is -0.325. The Morgan fingerprint density at radius 3 is 2.78 bits per heavy atom. The molecule has 3 N–H and O–H groups in total. The number of amides is 3. The summed E-state index contributed by atoms with van der Waals surface area (Å²) in [5, 5.41) is 10.7. The highest BCUT2D eigenvalue weighted by atomic mass is 35.5. The number of carbonyl (C=O) groups is 2. The summed E-state index contributed by atoms with van der Waals surface area (Å²) in [6.07, 6.45) is 2.01. The molecule has 0 bridgehead atoms. The molecule has 1 aliphatic carbocycles. The highest BCUT2D eigenvalue weighted by Crippen LogP contribution is 2.24. The molecule has 0 saturated heterocycles. The molecule has 1 saturated carbocycles. The first-order chi connectivity index (χ1) is 11.1. The molecule has 3 amide bonds. The molecule has 0 aliphatic heterocycles. The maximum Gasteiger partial charge on any atom is 0.319 e. The summed E-state index contributed by atoms with van der Waals surface area (Å²) in [4.78, 5) is 25.1. The van der Waals surface area contributed by atoms with Crippen molar-refractivity contribution < 1.29 is 9.59 Å². The first-order valence-electron chi connectivity index (χ1n) is 7.29. The zero-order chi connectivity index (χ0) is 16.2. The lowest BCUT2D eigenvalue weighted by atomic mass is 10.2. The van der Waals surface area contributed by atoms with Crippen LogP contribution in [0.4, 0.5) is 10.5 Å². The third-order valence-electron chi connectivity index (χ3n) is 3.38. The molecule has 120 valence electrons. The molecule has 0 spiro atoms. The summed E-state index contributed by atoms with van der Waals surface area (Å²) in [6.45, 7) is 0.464. The van der Waals surface area contributed by atoms with Crippen LogP contribution in [0.5, 0.6) is 0 Å². The van der Waals surface area contributed by atoms with Gasteiger partial charge in [-0.3, -0.25) is 4.79 Å². The Bertz CT molecular complexity index is 714. The Morgan fingerprint density at radius 2 is 2.09 bits per heavy atom. The SMILES string of the molecule is O=C(NCc1cccs1)Nc1ccc(Cl)c(C(=O)NC2CC2)c1. The molecule has 0 unspecified atom stereocenters. The number of nitrogens with one attached hydrogen (secondary N) is 3. The van der Waals surface area contributed by atoms with Gasteiger partial charge in [0.15, 0.2) is 0 Å². The molecule has 0 radical (unpaired) electrons. The van der Waals surface area contributed by atoms with Gasteiger partial charge in [-0.2, -0.15) is 0 Å². The van der Waals surface area contributed by atoms with Crippen LogP contribution in [0.25, 0.3) is 0 Å². The average molecular weight is 350 g/mol. The minimum Gasteiger partial charge on any atom is -0.349 e. The number of hydrogen-bond donors (Lipinski definition) is 3. The maximum atomic E-state index is 12.1. The Hall–Kier alpha value is -2.05. The van der Waals surface area contributed by atoms with Gasteiger partial charge in [0.2, 0.25) is 0 Å². The molecule has 1 aliphatic rings. The molecular weight excluding hydrogens is 334 g/mol. The molecule has 7 heteroatoms. The van der Waals surface area contributed by atoms with E-state index in [0.29, 0.717) is 22.8 Å². The zero-order valence-electron chi connectivity index (χ0n) is 12.3. The zero-order valence-corrected chi connectivity index (χ0v) is 13.8. The van der Waals surface area contributed by atoms with Gasteiger partial charge in [-0.05, 0) is 42.5 Å². The van der Waals surface area contributed by atoms with Crippen LogP contribution in [-0.2, 0) is 6.54 Å². The van der Waals surface area contributed by atoms with Crippen LogP contribution in [0, 0.1) is 0 Å². The van der Waals surface area contributed by atoms with Crippen molar-refractivity contribution in [1.29, 1.82) is 0 Å². The number of halogens is 1. The number of carbonyl (C=O) groups excluding carboxylic acids is 2. The number of hydrogen-bond acceptors (Lipinski definition) is 3. The van der Waals surface area contributed by atoms with Crippen LogP contribution in [0.15, 0.2) is 35.7 Å². The van der Waals surface area contributed by atoms with Gasteiger partial charge < -0.3 is 16.0 Å². The Morgan fingerprint density at radius 1 is 1.26 bits per heavy atom. The summed E-state index contributed by atoms with van der Waals surface area (Å²) in [5.41, 5.74) is 0.897. The van der Waals surface area contributed by atoms with Gasteiger partial charge in [0, 0.05) is 16.6 Å². The van der Waals surface area contributed by atoms with Gasteiger partial charge >= 0.3 is 6.03 Å². The van der Waals surface area contributed by atoms with Gasteiger partial charge in [-0.1, -0.05) is 17.7 Å². The van der Waals surface area contributed by atoms with Crippen LogP contribution >= 0.6 is 22.9 Å². The lowest BCUT2D eigenvalue weighted by molar-refractivity contribution is 0.0951. The van der Waals surface area contributed by atoms with Crippen LogP contribution < -0.4 is 16.0 Å². The summed E-state index contributed by atoms with van der Waals surface area (Å²) in [5.74, 6) is -0.208. The van der Waals surface area contributed by atoms with Gasteiger partial charge in [0.25, 0.3) is 5.91 Å². The van der Waals surface area contributed by atoms with Crippen LogP contribution in [0.2, 0.25) is 5.02 Å². The van der Waals surface area contributed by atoms with Crippen molar-refractivity contribution in [1.82, 2.24) is 10.6 Å². The Kier molecular flexibility index (Phi) is 4.83. The predicted molar refractivity (Wildman–Crippen MR) is 92.1 cm³/mol. The van der Waals surface area contributed by atoms with Crippen molar-refractivity contribution in [2.24, 2.45) is 0 Å². The van der Waals surface area contributed by atoms with Crippen molar-refractivity contribution in [2.45, 2.75) is 25.4 Å². The number of thiophene rings is 1. The number of anilines is 1. The van der Waals surface area contributed by atoms with E-state index in [1.807, 2.05) is 17.5 Å². The Labute approximate surface area is 143 Å². The summed E-state index contributed by atoms with van der Waals surface area (Å²) >= 11 is 7.65. The quantitative estimate of drug-likeness (QED) is 0.771. The maximum absolute atomic E-state index is 12.1. The summed E-state index contributed by atoms with van der Waals surface area (Å²) in [7, 11) is 0. The molecule has 1 aromatic heterocycles. The lowest BCUT2D eigenvalue weighted by Crippen LogP contribution is -2.28. The van der Waals surface area contributed by atoms with Gasteiger partial charge in [0.1, 0.15) is 0 Å². The first-order valence-corrected chi connectivity index (χ1v) is 8.55. The van der Waals surface area contributed by atoms with Crippen molar-refractivity contribution in [3.05, 3.63) is 51.2 Å². The van der Waals surface area contributed by atoms with E-state index in [2.05, 4.69) is 16.0 Å². The predicted octanol–water partition coefficient (Wildman–Crippen LogP) is 3.62. The van der Waals surface area contributed by atoms with Crippen molar-refractivity contribution in [3.8, 4) is 0 Å². The van der Waals surface area contributed by atoms with Crippen LogP contribution in [-0.4, -0.2) is 18.0 Å². The fourth-order valence-corrected chi connectivity index (χ4v) is 2.87. The smallest absolute Gasteiger partial charge is 0.319 e. The second-order valence-corrected chi connectivity index (χ2v) is 6.77. The van der Waals surface area contributed by atoms with E-state index in [4.69, 9.17) is 11.6 Å².